The maximum Gasteiger partial charge on any atom is 0.271 e. The molecule has 1 aromatic rings. The fraction of sp³-hybridized carbons (Fsp3) is 0.444. The van der Waals surface area contributed by atoms with Gasteiger partial charge in [-0.25, -0.2) is 5.10 Å². The lowest BCUT2D eigenvalue weighted by molar-refractivity contribution is 0.0934. The fourth-order valence-electron chi connectivity index (χ4n) is 1.51. The predicted octanol–water partition coefficient (Wildman–Crippen LogP) is -1.14. The number of nitrogens with one attached hydrogen (secondary N) is 3. The lowest BCUT2D eigenvalue weighted by atomic mass is 10.2. The van der Waals surface area contributed by atoms with Crippen molar-refractivity contribution in [2.75, 3.05) is 13.1 Å². The highest BCUT2D eigenvalue weighted by molar-refractivity contribution is 5.92. The van der Waals surface area contributed by atoms with E-state index in [1.165, 1.54) is 12.1 Å². The molecule has 6 nitrogen and oxygen atoms in total. The summed E-state index contributed by atoms with van der Waals surface area (Å²) in [5.41, 5.74) is -0.0735. The second kappa shape index (κ2) is 4.22. The molecule has 0 aromatic carbocycles. The first-order valence-electron chi connectivity index (χ1n) is 4.83. The summed E-state index contributed by atoms with van der Waals surface area (Å²) in [4.78, 5) is 22.3. The Morgan fingerprint density at radius 1 is 1.53 bits per heavy atom. The molecular weight excluding hydrogens is 196 g/mol. The summed E-state index contributed by atoms with van der Waals surface area (Å²) in [7, 11) is 0. The van der Waals surface area contributed by atoms with Crippen LogP contribution < -0.4 is 16.2 Å². The maximum absolute atomic E-state index is 11.6. The molecule has 80 valence electrons. The van der Waals surface area contributed by atoms with Gasteiger partial charge in [0.15, 0.2) is 0 Å². The minimum Gasteiger partial charge on any atom is -0.347 e. The normalized spacial score (nSPS) is 20.1. The van der Waals surface area contributed by atoms with Gasteiger partial charge in [-0.2, -0.15) is 5.10 Å². The molecule has 0 spiro atoms. The molecule has 1 amide bonds. The molecule has 0 bridgehead atoms. The van der Waals surface area contributed by atoms with Crippen LogP contribution in [0.25, 0.3) is 0 Å². The van der Waals surface area contributed by atoms with Crippen molar-refractivity contribution in [3.8, 4) is 0 Å². The van der Waals surface area contributed by atoms with Crippen LogP contribution in [0, 0.1) is 0 Å². The number of aromatic amines is 1. The number of aromatic nitrogens is 2. The molecule has 1 saturated heterocycles. The van der Waals surface area contributed by atoms with E-state index in [1.807, 2.05) is 0 Å². The van der Waals surface area contributed by atoms with Crippen LogP contribution in [0.2, 0.25) is 0 Å². The van der Waals surface area contributed by atoms with Crippen LogP contribution in [-0.4, -0.2) is 35.2 Å². The molecule has 3 N–H and O–H groups in total. The molecule has 0 saturated carbocycles. The highest BCUT2D eigenvalue weighted by Gasteiger charge is 2.17. The third kappa shape index (κ3) is 2.41. The van der Waals surface area contributed by atoms with Crippen molar-refractivity contribution in [1.29, 1.82) is 0 Å². The van der Waals surface area contributed by atoms with Gasteiger partial charge in [0.25, 0.3) is 11.5 Å². The molecule has 1 fully saturated rings. The van der Waals surface area contributed by atoms with E-state index in [-0.39, 0.29) is 23.2 Å². The Bertz CT molecular complexity index is 388. The van der Waals surface area contributed by atoms with Gasteiger partial charge < -0.3 is 10.6 Å². The van der Waals surface area contributed by atoms with Gasteiger partial charge in [0.2, 0.25) is 0 Å². The minimum atomic E-state index is -0.311. The summed E-state index contributed by atoms with van der Waals surface area (Å²) in [5.74, 6) is -0.250. The second-order valence-corrected chi connectivity index (χ2v) is 3.47. The van der Waals surface area contributed by atoms with Crippen molar-refractivity contribution in [3.63, 3.8) is 0 Å². The van der Waals surface area contributed by atoms with Gasteiger partial charge >= 0.3 is 0 Å². The average molecular weight is 208 g/mol. The molecule has 6 heteroatoms. The van der Waals surface area contributed by atoms with Crippen molar-refractivity contribution in [3.05, 3.63) is 28.2 Å². The number of carbonyl (C=O) groups excluding carboxylic acids is 1. The molecule has 15 heavy (non-hydrogen) atoms. The summed E-state index contributed by atoms with van der Waals surface area (Å²) >= 11 is 0. The number of hydrogen-bond donors (Lipinski definition) is 3. The zero-order chi connectivity index (χ0) is 10.7. The Labute approximate surface area is 86.1 Å². The Balaban J connectivity index is 2.01. The summed E-state index contributed by atoms with van der Waals surface area (Å²) in [6.07, 6.45) is 0.926. The van der Waals surface area contributed by atoms with E-state index >= 15 is 0 Å². The highest BCUT2D eigenvalue weighted by atomic mass is 16.2. The van der Waals surface area contributed by atoms with Crippen molar-refractivity contribution >= 4 is 5.91 Å². The van der Waals surface area contributed by atoms with Crippen LogP contribution in [-0.2, 0) is 0 Å². The lowest BCUT2D eigenvalue weighted by Gasteiger charge is -2.09. The first-order chi connectivity index (χ1) is 7.25. The number of nitrogens with zero attached hydrogens (tertiary/aromatic N) is 1. The van der Waals surface area contributed by atoms with Crippen LogP contribution in [0.1, 0.15) is 16.9 Å². The van der Waals surface area contributed by atoms with Gasteiger partial charge in [0, 0.05) is 18.7 Å². The van der Waals surface area contributed by atoms with Crippen LogP contribution >= 0.6 is 0 Å². The number of amides is 1. The molecule has 1 aliphatic heterocycles. The van der Waals surface area contributed by atoms with Gasteiger partial charge in [0.05, 0.1) is 0 Å². The number of rotatable bonds is 2. The van der Waals surface area contributed by atoms with Gasteiger partial charge in [-0.15, -0.1) is 0 Å². The smallest absolute Gasteiger partial charge is 0.271 e. The molecule has 2 heterocycles. The topological polar surface area (TPSA) is 86.9 Å². The summed E-state index contributed by atoms with van der Waals surface area (Å²) < 4.78 is 0. The molecule has 0 radical (unpaired) electrons. The minimum absolute atomic E-state index is 0.159. The third-order valence-electron chi connectivity index (χ3n) is 2.31. The van der Waals surface area contributed by atoms with Crippen molar-refractivity contribution in [2.45, 2.75) is 12.5 Å². The Hall–Kier alpha value is -1.69. The van der Waals surface area contributed by atoms with Crippen LogP contribution in [0.3, 0.4) is 0 Å². The summed E-state index contributed by atoms with van der Waals surface area (Å²) in [5, 5.41) is 11.8. The molecular formula is C9H12N4O2. The zero-order valence-electron chi connectivity index (χ0n) is 8.12. The van der Waals surface area contributed by atoms with Crippen molar-refractivity contribution in [2.24, 2.45) is 0 Å². The Kier molecular flexibility index (Phi) is 2.77. The van der Waals surface area contributed by atoms with E-state index < -0.39 is 0 Å². The number of carbonyl (C=O) groups is 1. The van der Waals surface area contributed by atoms with Crippen molar-refractivity contribution in [1.82, 2.24) is 20.8 Å². The van der Waals surface area contributed by atoms with E-state index in [0.29, 0.717) is 0 Å². The number of hydrogen-bond acceptors (Lipinski definition) is 4. The van der Waals surface area contributed by atoms with E-state index in [1.54, 1.807) is 0 Å². The van der Waals surface area contributed by atoms with Crippen LogP contribution in [0.15, 0.2) is 16.9 Å². The standard InChI is InChI=1S/C9H12N4O2/c14-8-2-1-7(12-13-8)9(15)11-6-3-4-10-5-6/h1-2,6,10H,3-5H2,(H,11,15)(H,13,14). The van der Waals surface area contributed by atoms with Gasteiger partial charge in [-0.05, 0) is 19.0 Å². The monoisotopic (exact) mass is 208 g/mol. The van der Waals surface area contributed by atoms with E-state index in [0.717, 1.165) is 19.5 Å². The molecule has 1 aliphatic rings. The summed E-state index contributed by atoms with van der Waals surface area (Å²) in [6, 6.07) is 2.86. The third-order valence-corrected chi connectivity index (χ3v) is 2.31. The SMILES string of the molecule is O=C(NC1CCNC1)c1ccc(=O)[nH]n1. The average Bonchev–Trinajstić information content (AvgIpc) is 2.71. The first-order valence-corrected chi connectivity index (χ1v) is 4.83. The van der Waals surface area contributed by atoms with E-state index in [4.69, 9.17) is 0 Å². The number of H-pyrrole nitrogens is 1. The van der Waals surface area contributed by atoms with E-state index in [9.17, 15) is 9.59 Å². The molecule has 0 aliphatic carbocycles. The first kappa shape index (κ1) is 9.85. The Morgan fingerprint density at radius 3 is 3.00 bits per heavy atom. The lowest BCUT2D eigenvalue weighted by Crippen LogP contribution is -2.37. The second-order valence-electron chi connectivity index (χ2n) is 3.47. The molecule has 1 aromatic heterocycles. The largest absolute Gasteiger partial charge is 0.347 e. The molecule has 2 rings (SSSR count). The van der Waals surface area contributed by atoms with Gasteiger partial charge in [0.1, 0.15) is 5.69 Å². The zero-order valence-corrected chi connectivity index (χ0v) is 8.12. The molecule has 1 atom stereocenters. The fourth-order valence-corrected chi connectivity index (χ4v) is 1.51. The van der Waals surface area contributed by atoms with Gasteiger partial charge in [-0.1, -0.05) is 0 Å². The quantitative estimate of drug-likeness (QED) is 0.573. The van der Waals surface area contributed by atoms with Gasteiger partial charge in [-0.3, -0.25) is 9.59 Å². The van der Waals surface area contributed by atoms with E-state index in [2.05, 4.69) is 20.8 Å². The highest BCUT2D eigenvalue weighted by Crippen LogP contribution is 1.98. The predicted molar refractivity (Wildman–Crippen MR) is 53.6 cm³/mol. The van der Waals surface area contributed by atoms with Crippen LogP contribution in [0.5, 0.6) is 0 Å². The van der Waals surface area contributed by atoms with Crippen molar-refractivity contribution < 1.29 is 4.79 Å². The molecule has 1 unspecified atom stereocenters. The Morgan fingerprint density at radius 2 is 2.40 bits per heavy atom. The maximum atomic E-state index is 11.6. The van der Waals surface area contributed by atoms with Crippen LogP contribution in [0.4, 0.5) is 0 Å². The summed E-state index contributed by atoms with van der Waals surface area (Å²) in [6.45, 7) is 1.71.